The van der Waals surface area contributed by atoms with Gasteiger partial charge in [0.2, 0.25) is 0 Å². The summed E-state index contributed by atoms with van der Waals surface area (Å²) in [6, 6.07) is 39.1. The number of hydrogen-bond acceptors (Lipinski definition) is 4. The molecule has 45 heavy (non-hydrogen) atoms. The third-order valence-electron chi connectivity index (χ3n) is 11.2. The fourth-order valence-corrected chi connectivity index (χ4v) is 11.8. The van der Waals surface area contributed by atoms with E-state index in [2.05, 4.69) is 141 Å². The Morgan fingerprint density at radius 3 is 1.40 bits per heavy atom. The monoisotopic (exact) mass is 612 g/mol. The Morgan fingerprint density at radius 2 is 0.911 bits per heavy atom. The second-order valence-corrected chi connectivity index (χ2v) is 16.3. The molecule has 0 saturated carbocycles. The van der Waals surface area contributed by atoms with Crippen LogP contribution >= 0.6 is 22.7 Å². The molecular formula is C40H29BN2S2. The van der Waals surface area contributed by atoms with Gasteiger partial charge in [0.05, 0.1) is 22.7 Å². The average Bonchev–Trinajstić information content (AvgIpc) is 3.63. The number of benzene rings is 5. The Morgan fingerprint density at radius 1 is 0.489 bits per heavy atom. The van der Waals surface area contributed by atoms with Crippen molar-refractivity contribution in [2.24, 2.45) is 0 Å². The van der Waals surface area contributed by atoms with E-state index in [1.54, 1.807) is 0 Å². The molecule has 214 valence electrons. The van der Waals surface area contributed by atoms with E-state index in [-0.39, 0.29) is 17.5 Å². The summed E-state index contributed by atoms with van der Waals surface area (Å²) in [4.78, 5) is 5.33. The maximum Gasteiger partial charge on any atom is 0.277 e. The first-order valence-corrected chi connectivity index (χ1v) is 17.5. The van der Waals surface area contributed by atoms with E-state index < -0.39 is 0 Å². The van der Waals surface area contributed by atoms with Crippen LogP contribution in [0.25, 0.3) is 20.2 Å². The highest BCUT2D eigenvalue weighted by Crippen LogP contribution is 2.61. The lowest BCUT2D eigenvalue weighted by atomic mass is 9.37. The fourth-order valence-electron chi connectivity index (χ4n) is 9.12. The molecular weight excluding hydrogens is 583 g/mol. The summed E-state index contributed by atoms with van der Waals surface area (Å²) < 4.78 is 5.68. The van der Waals surface area contributed by atoms with Gasteiger partial charge in [0.1, 0.15) is 0 Å². The van der Waals surface area contributed by atoms with Gasteiger partial charge in [0.25, 0.3) is 6.71 Å². The zero-order chi connectivity index (χ0) is 30.0. The van der Waals surface area contributed by atoms with Crippen molar-refractivity contribution in [2.45, 2.75) is 38.5 Å². The van der Waals surface area contributed by atoms with Crippen LogP contribution in [0.2, 0.25) is 0 Å². The summed E-state index contributed by atoms with van der Waals surface area (Å²) in [7, 11) is 0. The highest BCUT2D eigenvalue weighted by Gasteiger charge is 2.54. The quantitative estimate of drug-likeness (QED) is 0.158. The largest absolute Gasteiger partial charge is 0.309 e. The first-order chi connectivity index (χ1) is 21.9. The number of anilines is 6. The van der Waals surface area contributed by atoms with E-state index in [0.29, 0.717) is 0 Å². The molecule has 4 aliphatic heterocycles. The second-order valence-electron chi connectivity index (χ2n) is 14.1. The normalized spacial score (nSPS) is 17.1. The van der Waals surface area contributed by atoms with E-state index in [9.17, 15) is 0 Å². The van der Waals surface area contributed by atoms with Gasteiger partial charge in [-0.25, -0.2) is 0 Å². The second kappa shape index (κ2) is 7.90. The van der Waals surface area contributed by atoms with Crippen LogP contribution in [-0.2, 0) is 10.8 Å². The first kappa shape index (κ1) is 24.9. The Balaban J connectivity index is 1.40. The summed E-state index contributed by atoms with van der Waals surface area (Å²) in [6.45, 7) is 9.96. The van der Waals surface area contributed by atoms with Crippen molar-refractivity contribution < 1.29 is 0 Å². The molecule has 0 spiro atoms. The summed E-state index contributed by atoms with van der Waals surface area (Å²) in [5.74, 6) is 0. The van der Waals surface area contributed by atoms with E-state index in [4.69, 9.17) is 0 Å². The molecule has 7 aromatic rings. The molecule has 0 radical (unpaired) electrons. The Kier molecular flexibility index (Phi) is 4.38. The molecule has 5 aromatic carbocycles. The molecule has 0 amide bonds. The molecule has 0 fully saturated rings. The number of thiophene rings is 2. The Labute approximate surface area is 271 Å². The summed E-state index contributed by atoms with van der Waals surface area (Å²) in [5.41, 5.74) is 15.1. The molecule has 4 aliphatic rings. The summed E-state index contributed by atoms with van der Waals surface area (Å²) in [6.07, 6.45) is 0. The molecule has 5 heteroatoms. The SMILES string of the molecule is CC1(C)c2ccccc2N2c3c1cc1c4c3B(c3sc5ccccc5c32)c2sc3ccccc3c2N4c2ccccc2C1(C)C. The molecule has 0 saturated heterocycles. The maximum atomic E-state index is 2.67. The lowest BCUT2D eigenvalue weighted by Crippen LogP contribution is -2.61. The smallest absolute Gasteiger partial charge is 0.277 e. The maximum absolute atomic E-state index is 2.67. The number of hydrogen-bond donors (Lipinski definition) is 0. The third kappa shape index (κ3) is 2.73. The van der Waals surface area contributed by atoms with Crippen molar-refractivity contribution in [3.8, 4) is 0 Å². The van der Waals surface area contributed by atoms with E-state index in [1.807, 2.05) is 22.7 Å². The molecule has 0 unspecified atom stereocenters. The van der Waals surface area contributed by atoms with Crippen LogP contribution in [0.5, 0.6) is 0 Å². The van der Waals surface area contributed by atoms with E-state index >= 15 is 0 Å². The molecule has 0 atom stereocenters. The molecule has 0 aliphatic carbocycles. The Hall–Kier alpha value is -4.32. The van der Waals surface area contributed by atoms with E-state index in [0.717, 1.165) is 0 Å². The van der Waals surface area contributed by atoms with Gasteiger partial charge in [-0.1, -0.05) is 100 Å². The predicted molar refractivity (Wildman–Crippen MR) is 195 cm³/mol. The van der Waals surface area contributed by atoms with Crippen LogP contribution in [0.1, 0.15) is 49.9 Å². The molecule has 2 aromatic heterocycles. The minimum absolute atomic E-state index is 0.153. The number of nitrogens with zero attached hydrogens (tertiary/aromatic N) is 2. The minimum Gasteiger partial charge on any atom is -0.309 e. The minimum atomic E-state index is -0.153. The standard InChI is InChI=1S/C40H29BN2S2/c1-39(2)24-15-7-9-17-28(24)42-33-22-13-5-11-19-30(22)44-37(33)41-32-35(42)26(39)21-27-36(32)43(29-18-10-8-16-25(29)40(27,3)4)34-23-14-6-12-20-31(23)45-38(34)41/h5-21H,1-4H3. The van der Waals surface area contributed by atoms with Crippen LogP contribution in [0.4, 0.5) is 34.1 Å². The molecule has 2 nitrogen and oxygen atoms in total. The van der Waals surface area contributed by atoms with Crippen LogP contribution < -0.4 is 24.8 Å². The highest BCUT2D eigenvalue weighted by molar-refractivity contribution is 7.40. The van der Waals surface area contributed by atoms with Crippen molar-refractivity contribution in [3.05, 3.63) is 125 Å². The van der Waals surface area contributed by atoms with Gasteiger partial charge in [-0.05, 0) is 58.0 Å². The van der Waals surface area contributed by atoms with Crippen LogP contribution in [0, 0.1) is 0 Å². The third-order valence-corrected chi connectivity index (χ3v) is 13.6. The van der Waals surface area contributed by atoms with Crippen LogP contribution in [0.15, 0.2) is 103 Å². The van der Waals surface area contributed by atoms with Gasteiger partial charge in [-0.2, -0.15) is 0 Å². The predicted octanol–water partition coefficient (Wildman–Crippen LogP) is 9.48. The van der Waals surface area contributed by atoms with E-state index in [1.165, 1.54) is 91.6 Å². The van der Waals surface area contributed by atoms with Gasteiger partial charge in [-0.3, -0.25) is 0 Å². The van der Waals surface area contributed by atoms with Gasteiger partial charge >= 0.3 is 0 Å². The number of para-hydroxylation sites is 2. The topological polar surface area (TPSA) is 6.48 Å². The summed E-state index contributed by atoms with van der Waals surface area (Å²) in [5, 5.41) is 2.72. The van der Waals surface area contributed by atoms with Gasteiger partial charge in [0, 0.05) is 51.9 Å². The van der Waals surface area contributed by atoms with Gasteiger partial charge < -0.3 is 9.80 Å². The molecule has 0 bridgehead atoms. The fraction of sp³-hybridized carbons (Fsp3) is 0.150. The Bertz CT molecular complexity index is 2310. The molecule has 11 rings (SSSR count). The van der Waals surface area contributed by atoms with Crippen molar-refractivity contribution in [1.29, 1.82) is 0 Å². The van der Waals surface area contributed by atoms with Gasteiger partial charge in [-0.15, -0.1) is 22.7 Å². The van der Waals surface area contributed by atoms with Crippen molar-refractivity contribution >= 4 is 98.7 Å². The highest BCUT2D eigenvalue weighted by atomic mass is 32.1. The van der Waals surface area contributed by atoms with Crippen molar-refractivity contribution in [3.63, 3.8) is 0 Å². The molecule has 6 heterocycles. The first-order valence-electron chi connectivity index (χ1n) is 15.9. The summed E-state index contributed by atoms with van der Waals surface area (Å²) >= 11 is 4.00. The zero-order valence-corrected chi connectivity index (χ0v) is 27.2. The molecule has 0 N–H and O–H groups in total. The lowest BCUT2D eigenvalue weighted by Gasteiger charge is -2.52. The van der Waals surface area contributed by atoms with Crippen molar-refractivity contribution in [1.82, 2.24) is 0 Å². The van der Waals surface area contributed by atoms with Gasteiger partial charge in [0.15, 0.2) is 0 Å². The lowest BCUT2D eigenvalue weighted by molar-refractivity contribution is 0.609. The average molecular weight is 613 g/mol. The number of fused-ring (bicyclic) bond motifs is 14. The van der Waals surface area contributed by atoms with Crippen LogP contribution in [-0.4, -0.2) is 6.71 Å². The van der Waals surface area contributed by atoms with Crippen molar-refractivity contribution in [2.75, 3.05) is 9.80 Å². The van der Waals surface area contributed by atoms with Crippen LogP contribution in [0.3, 0.4) is 0 Å². The number of rotatable bonds is 0. The zero-order valence-electron chi connectivity index (χ0n) is 25.6.